The van der Waals surface area contributed by atoms with E-state index < -0.39 is 0 Å². The topological polar surface area (TPSA) is 49.4 Å². The third-order valence-electron chi connectivity index (χ3n) is 4.87. The van der Waals surface area contributed by atoms with Crippen molar-refractivity contribution in [2.24, 2.45) is 5.92 Å². The van der Waals surface area contributed by atoms with Crippen LogP contribution in [0.5, 0.6) is 0 Å². The van der Waals surface area contributed by atoms with Gasteiger partial charge in [-0.05, 0) is 37.0 Å². The van der Waals surface area contributed by atoms with E-state index in [1.165, 1.54) is 25.0 Å². The summed E-state index contributed by atoms with van der Waals surface area (Å²) in [5.74, 6) is -0.417. The Morgan fingerprint density at radius 3 is 2.61 bits per heavy atom. The molecule has 0 bridgehead atoms. The van der Waals surface area contributed by atoms with E-state index in [0.29, 0.717) is 32.0 Å². The van der Waals surface area contributed by atoms with Gasteiger partial charge in [-0.2, -0.15) is 0 Å². The smallest absolute Gasteiger partial charge is 0.225 e. The molecule has 3 rings (SSSR count). The fourth-order valence-electron chi connectivity index (χ4n) is 3.47. The van der Waals surface area contributed by atoms with Gasteiger partial charge in [0, 0.05) is 25.6 Å². The van der Waals surface area contributed by atoms with Crippen LogP contribution in [-0.4, -0.2) is 35.8 Å². The summed E-state index contributed by atoms with van der Waals surface area (Å²) in [7, 11) is 0. The maximum Gasteiger partial charge on any atom is 0.225 e. The Bertz CT molecular complexity index is 567. The number of likely N-dealkylation sites (tertiary alicyclic amines) is 1. The minimum Gasteiger partial charge on any atom is -0.353 e. The van der Waals surface area contributed by atoms with Gasteiger partial charge in [0.15, 0.2) is 0 Å². The van der Waals surface area contributed by atoms with Crippen LogP contribution in [0.15, 0.2) is 24.3 Å². The first-order chi connectivity index (χ1) is 11.1. The molecule has 1 saturated heterocycles. The number of amides is 2. The van der Waals surface area contributed by atoms with Crippen molar-refractivity contribution in [1.82, 2.24) is 10.2 Å². The molecule has 4 nitrogen and oxygen atoms in total. The normalized spacial score (nSPS) is 21.9. The molecule has 2 amide bonds. The minimum atomic E-state index is -0.255. The minimum absolute atomic E-state index is 0.0227. The molecular weight excluding hydrogens is 295 g/mol. The Morgan fingerprint density at radius 1 is 1.22 bits per heavy atom. The molecule has 0 aromatic heterocycles. The Morgan fingerprint density at radius 2 is 1.91 bits per heavy atom. The molecule has 2 fully saturated rings. The second kappa shape index (κ2) is 7.11. The molecule has 1 aliphatic carbocycles. The maximum absolute atomic E-state index is 12.9. The summed E-state index contributed by atoms with van der Waals surface area (Å²) >= 11 is 0. The van der Waals surface area contributed by atoms with E-state index >= 15 is 0 Å². The number of rotatable bonds is 5. The predicted molar refractivity (Wildman–Crippen MR) is 85.2 cm³/mol. The highest BCUT2D eigenvalue weighted by Crippen LogP contribution is 2.22. The molecule has 1 atom stereocenters. The van der Waals surface area contributed by atoms with Crippen LogP contribution in [0.25, 0.3) is 0 Å². The lowest BCUT2D eigenvalue weighted by molar-refractivity contribution is -0.129. The summed E-state index contributed by atoms with van der Waals surface area (Å²) in [5, 5.41) is 3.08. The predicted octanol–water partition coefficient (Wildman–Crippen LogP) is 2.28. The maximum atomic E-state index is 12.9. The summed E-state index contributed by atoms with van der Waals surface area (Å²) in [6, 6.07) is 6.63. The average molecular weight is 318 g/mol. The van der Waals surface area contributed by atoms with Crippen molar-refractivity contribution in [3.63, 3.8) is 0 Å². The van der Waals surface area contributed by atoms with Gasteiger partial charge in [0.2, 0.25) is 11.8 Å². The molecule has 5 heteroatoms. The van der Waals surface area contributed by atoms with Crippen molar-refractivity contribution in [2.75, 3.05) is 13.1 Å². The van der Waals surface area contributed by atoms with E-state index in [1.807, 2.05) is 0 Å². The van der Waals surface area contributed by atoms with Gasteiger partial charge in [0.25, 0.3) is 0 Å². The molecule has 1 aromatic carbocycles. The molecule has 0 radical (unpaired) electrons. The molecule has 0 spiro atoms. The highest BCUT2D eigenvalue weighted by atomic mass is 19.1. The van der Waals surface area contributed by atoms with Gasteiger partial charge < -0.3 is 10.2 Å². The van der Waals surface area contributed by atoms with Gasteiger partial charge in [-0.1, -0.05) is 25.0 Å². The Hall–Kier alpha value is -1.91. The van der Waals surface area contributed by atoms with Crippen LogP contribution in [0.2, 0.25) is 0 Å². The first-order valence-electron chi connectivity index (χ1n) is 8.44. The quantitative estimate of drug-likeness (QED) is 0.905. The molecule has 1 saturated carbocycles. The second-order valence-corrected chi connectivity index (χ2v) is 6.61. The fourth-order valence-corrected chi connectivity index (χ4v) is 3.47. The number of hydrogen-bond acceptors (Lipinski definition) is 2. The number of nitrogens with one attached hydrogen (secondary N) is 1. The summed E-state index contributed by atoms with van der Waals surface area (Å²) in [4.78, 5) is 26.1. The van der Waals surface area contributed by atoms with E-state index in [0.717, 1.165) is 18.4 Å². The molecule has 0 unspecified atom stereocenters. The number of nitrogens with zero attached hydrogens (tertiary/aromatic N) is 1. The Balaban J connectivity index is 1.48. The Kier molecular flexibility index (Phi) is 4.94. The first kappa shape index (κ1) is 16.0. The second-order valence-electron chi connectivity index (χ2n) is 6.61. The Labute approximate surface area is 136 Å². The monoisotopic (exact) mass is 318 g/mol. The molecule has 1 aromatic rings. The van der Waals surface area contributed by atoms with Crippen molar-refractivity contribution < 1.29 is 14.0 Å². The lowest BCUT2D eigenvalue weighted by Crippen LogP contribution is -2.38. The van der Waals surface area contributed by atoms with Crippen LogP contribution in [0.4, 0.5) is 4.39 Å². The molecule has 124 valence electrons. The van der Waals surface area contributed by atoms with Gasteiger partial charge in [-0.15, -0.1) is 0 Å². The number of benzene rings is 1. The van der Waals surface area contributed by atoms with E-state index in [4.69, 9.17) is 0 Å². The van der Waals surface area contributed by atoms with E-state index in [9.17, 15) is 14.0 Å². The van der Waals surface area contributed by atoms with E-state index in [2.05, 4.69) is 5.32 Å². The lowest BCUT2D eigenvalue weighted by Gasteiger charge is -2.18. The van der Waals surface area contributed by atoms with Crippen LogP contribution in [0.1, 0.15) is 37.7 Å². The van der Waals surface area contributed by atoms with Gasteiger partial charge in [0.05, 0.1) is 5.92 Å². The van der Waals surface area contributed by atoms with Crippen LogP contribution >= 0.6 is 0 Å². The zero-order valence-corrected chi connectivity index (χ0v) is 13.3. The number of halogens is 1. The number of carbonyl (C=O) groups is 2. The summed E-state index contributed by atoms with van der Waals surface area (Å²) in [5.41, 5.74) is 0.998. The largest absolute Gasteiger partial charge is 0.353 e. The van der Waals surface area contributed by atoms with Crippen molar-refractivity contribution in [2.45, 2.75) is 44.6 Å². The highest BCUT2D eigenvalue weighted by Gasteiger charge is 2.34. The summed E-state index contributed by atoms with van der Waals surface area (Å²) in [6.45, 7) is 1.08. The summed E-state index contributed by atoms with van der Waals surface area (Å²) < 4.78 is 12.9. The standard InChI is InChI=1S/C18H23FN2O2/c19-15-7-5-13(6-8-15)9-10-21-12-14(11-17(21)22)18(23)20-16-3-1-2-4-16/h5-8,14,16H,1-4,9-12H2,(H,20,23)/t14-/m1/s1. The molecule has 2 aliphatic rings. The zero-order chi connectivity index (χ0) is 16.2. The van der Waals surface area contributed by atoms with Crippen molar-refractivity contribution in [3.05, 3.63) is 35.6 Å². The van der Waals surface area contributed by atoms with Crippen LogP contribution < -0.4 is 5.32 Å². The molecule has 23 heavy (non-hydrogen) atoms. The first-order valence-corrected chi connectivity index (χ1v) is 8.44. The third-order valence-corrected chi connectivity index (χ3v) is 4.87. The highest BCUT2D eigenvalue weighted by molar-refractivity contribution is 5.89. The SMILES string of the molecule is O=C(NC1CCCC1)[C@@H]1CC(=O)N(CCc2ccc(F)cc2)C1. The van der Waals surface area contributed by atoms with Crippen LogP contribution in [0, 0.1) is 11.7 Å². The van der Waals surface area contributed by atoms with Gasteiger partial charge in [-0.25, -0.2) is 4.39 Å². The van der Waals surface area contributed by atoms with Gasteiger partial charge in [0.1, 0.15) is 5.82 Å². The number of carbonyl (C=O) groups excluding carboxylic acids is 2. The number of hydrogen-bond donors (Lipinski definition) is 1. The lowest BCUT2D eigenvalue weighted by atomic mass is 10.1. The zero-order valence-electron chi connectivity index (χ0n) is 13.3. The van der Waals surface area contributed by atoms with Crippen molar-refractivity contribution in [3.8, 4) is 0 Å². The van der Waals surface area contributed by atoms with E-state index in [-0.39, 0.29) is 23.5 Å². The van der Waals surface area contributed by atoms with Gasteiger partial charge in [-0.3, -0.25) is 9.59 Å². The summed E-state index contributed by atoms with van der Waals surface area (Å²) in [6.07, 6.45) is 5.46. The van der Waals surface area contributed by atoms with Crippen LogP contribution in [0.3, 0.4) is 0 Å². The van der Waals surface area contributed by atoms with Crippen molar-refractivity contribution >= 4 is 11.8 Å². The molecule has 1 heterocycles. The molecule has 1 N–H and O–H groups in total. The average Bonchev–Trinajstić information content (AvgIpc) is 3.16. The third kappa shape index (κ3) is 4.09. The van der Waals surface area contributed by atoms with Crippen LogP contribution in [-0.2, 0) is 16.0 Å². The van der Waals surface area contributed by atoms with Crippen molar-refractivity contribution in [1.29, 1.82) is 0 Å². The molecule has 1 aliphatic heterocycles. The fraction of sp³-hybridized carbons (Fsp3) is 0.556. The molecular formula is C18H23FN2O2. The van der Waals surface area contributed by atoms with Gasteiger partial charge >= 0.3 is 0 Å². The van der Waals surface area contributed by atoms with E-state index in [1.54, 1.807) is 17.0 Å².